The van der Waals surface area contributed by atoms with E-state index in [-0.39, 0.29) is 24.3 Å². The number of nitrogens with zero attached hydrogens (tertiary/aromatic N) is 4. The Hall–Kier alpha value is -6.24. The molecular formula is C41H34N4O9. The van der Waals surface area contributed by atoms with Gasteiger partial charge in [0.25, 0.3) is 5.91 Å². The molecule has 0 aromatic heterocycles. The van der Waals surface area contributed by atoms with Crippen LogP contribution in [0.25, 0.3) is 0 Å². The number of fused-ring (bicyclic) bond motifs is 6. The molecule has 4 aliphatic heterocycles. The molecule has 3 aromatic carbocycles. The highest BCUT2D eigenvalue weighted by Crippen LogP contribution is 2.64. The molecular weight excluding hydrogens is 692 g/mol. The highest BCUT2D eigenvalue weighted by Gasteiger charge is 2.75. The van der Waals surface area contributed by atoms with Crippen molar-refractivity contribution in [1.82, 2.24) is 4.90 Å². The van der Waals surface area contributed by atoms with Gasteiger partial charge in [-0.1, -0.05) is 79.2 Å². The minimum atomic E-state index is -1.83. The second kappa shape index (κ2) is 12.2. The highest BCUT2D eigenvalue weighted by atomic mass is 16.6. The van der Waals surface area contributed by atoms with Gasteiger partial charge in [0.2, 0.25) is 29.5 Å². The number of anilines is 2. The van der Waals surface area contributed by atoms with E-state index in [0.29, 0.717) is 22.5 Å². The van der Waals surface area contributed by atoms with Crippen molar-refractivity contribution in [3.05, 3.63) is 108 Å². The number of cyclic esters (lactones) is 1. The molecule has 1 saturated carbocycles. The van der Waals surface area contributed by atoms with Crippen molar-refractivity contribution >= 4 is 58.9 Å². The molecule has 54 heavy (non-hydrogen) atoms. The predicted molar refractivity (Wildman–Crippen MR) is 190 cm³/mol. The summed E-state index contributed by atoms with van der Waals surface area (Å²) in [5.41, 5.74) is 0.180. The number of hydrogen-bond acceptors (Lipinski definition) is 10. The normalized spacial score (nSPS) is 31.8. The molecule has 0 N–H and O–H groups in total. The molecule has 6 aliphatic rings. The van der Waals surface area contributed by atoms with E-state index in [4.69, 9.17) is 9.47 Å². The Labute approximate surface area is 309 Å². The Bertz CT molecular complexity index is 2240. The summed E-state index contributed by atoms with van der Waals surface area (Å²) < 4.78 is 10.7. The third-order valence-corrected chi connectivity index (χ3v) is 12.2. The number of hydrogen-bond donors (Lipinski definition) is 0. The lowest BCUT2D eigenvalue weighted by Gasteiger charge is -2.56. The first-order valence-electron chi connectivity index (χ1n) is 17.9. The molecule has 4 heterocycles. The molecule has 8 atom stereocenters. The van der Waals surface area contributed by atoms with E-state index in [9.17, 15) is 28.8 Å². The van der Waals surface area contributed by atoms with Gasteiger partial charge in [0, 0.05) is 17.9 Å². The highest BCUT2D eigenvalue weighted by molar-refractivity contribution is 6.26. The topological polar surface area (TPSA) is 160 Å². The summed E-state index contributed by atoms with van der Waals surface area (Å²) >= 11 is 0. The number of ether oxygens (including phenoxy) is 2. The summed E-state index contributed by atoms with van der Waals surface area (Å²) in [5, 5.41) is 0. The maximum absolute atomic E-state index is 15.1. The van der Waals surface area contributed by atoms with E-state index in [2.05, 4.69) is 4.99 Å². The van der Waals surface area contributed by atoms with Crippen LogP contribution in [-0.2, 0) is 44.7 Å². The zero-order valence-electron chi connectivity index (χ0n) is 29.3. The zero-order valence-corrected chi connectivity index (χ0v) is 29.3. The number of rotatable bonds is 6. The van der Waals surface area contributed by atoms with Gasteiger partial charge in [0.1, 0.15) is 12.1 Å². The molecule has 2 aliphatic carbocycles. The fraction of sp³-hybridized carbons (Fsp3) is 0.317. The Morgan fingerprint density at radius 1 is 0.759 bits per heavy atom. The van der Waals surface area contributed by atoms with E-state index < -0.39 is 95.1 Å². The summed E-state index contributed by atoms with van der Waals surface area (Å²) in [6, 6.07) is 26.0. The van der Waals surface area contributed by atoms with Crippen LogP contribution < -0.4 is 9.80 Å². The number of carbonyl (C=O) groups excluding carboxylic acids is 7. The number of esters is 1. The Balaban J connectivity index is 1.31. The van der Waals surface area contributed by atoms with Crippen molar-refractivity contribution in [2.75, 3.05) is 23.5 Å². The fourth-order valence-electron chi connectivity index (χ4n) is 10.2. The third-order valence-electron chi connectivity index (χ3n) is 12.2. The van der Waals surface area contributed by atoms with Crippen molar-refractivity contribution < 1.29 is 43.0 Å². The van der Waals surface area contributed by atoms with Gasteiger partial charge < -0.3 is 9.47 Å². The first kappa shape index (κ1) is 33.6. The van der Waals surface area contributed by atoms with Crippen LogP contribution in [0, 0.1) is 41.4 Å². The minimum Gasteiger partial charge on any atom is -0.468 e. The number of para-hydroxylation sites is 2. The fourth-order valence-corrected chi connectivity index (χ4v) is 10.2. The lowest BCUT2D eigenvalue weighted by molar-refractivity contribution is -0.139. The molecule has 13 heteroatoms. The van der Waals surface area contributed by atoms with E-state index in [1.807, 2.05) is 6.07 Å². The summed E-state index contributed by atoms with van der Waals surface area (Å²) in [4.78, 5) is 108. The molecule has 272 valence electrons. The number of aliphatic imine (C=N–C) groups is 1. The van der Waals surface area contributed by atoms with Crippen molar-refractivity contribution in [1.29, 1.82) is 0 Å². The van der Waals surface area contributed by atoms with Crippen LogP contribution in [0.2, 0.25) is 0 Å². The van der Waals surface area contributed by atoms with Crippen LogP contribution in [0.1, 0.15) is 18.9 Å². The van der Waals surface area contributed by atoms with Gasteiger partial charge >= 0.3 is 12.1 Å². The van der Waals surface area contributed by atoms with Crippen LogP contribution >= 0.6 is 0 Å². The van der Waals surface area contributed by atoms with Gasteiger partial charge in [-0.25, -0.2) is 14.7 Å². The third kappa shape index (κ3) is 4.44. The van der Waals surface area contributed by atoms with Gasteiger partial charge in [0.15, 0.2) is 0 Å². The van der Waals surface area contributed by atoms with Crippen LogP contribution in [0.15, 0.2) is 107 Å². The molecule has 3 saturated heterocycles. The van der Waals surface area contributed by atoms with E-state index in [1.54, 1.807) is 91.9 Å². The summed E-state index contributed by atoms with van der Waals surface area (Å²) in [7, 11) is 1.19. The van der Waals surface area contributed by atoms with Crippen molar-refractivity contribution in [3.63, 3.8) is 0 Å². The van der Waals surface area contributed by atoms with Crippen molar-refractivity contribution in [2.45, 2.75) is 25.3 Å². The Morgan fingerprint density at radius 2 is 1.31 bits per heavy atom. The molecule has 4 fully saturated rings. The molecule has 0 unspecified atom stereocenters. The summed E-state index contributed by atoms with van der Waals surface area (Å²) in [6.45, 7) is 1.14. The lowest BCUT2D eigenvalue weighted by atomic mass is 9.49. The number of amides is 6. The standard InChI is InChI=1S/C41H34N4O9/c1-21-28-30-25(31-29(21)35(48)44(36(31)49)24-16-10-5-11-17-24)18-26-32(37(50)43(34(26)47)23-14-8-4-9-15-23)33(30)41(19-22-12-6-3-7-13-22)39(42-20-27(46)53-2)54-40(52)45(41)38(28)51/h3-17,21,25-26,29,31-33H,18-20H2,1-2H3/t21-,25+,26+,29-,31+,32+,33-,41-/m0/s1. The van der Waals surface area contributed by atoms with Gasteiger partial charge in [-0.05, 0) is 48.1 Å². The molecule has 6 amide bonds. The maximum Gasteiger partial charge on any atom is 0.424 e. The largest absolute Gasteiger partial charge is 0.468 e. The van der Waals surface area contributed by atoms with Gasteiger partial charge in [-0.3, -0.25) is 38.6 Å². The summed E-state index contributed by atoms with van der Waals surface area (Å²) in [5.74, 6) is -10.6. The van der Waals surface area contributed by atoms with E-state index >= 15 is 4.79 Å². The second-order valence-corrected chi connectivity index (χ2v) is 14.6. The first-order chi connectivity index (χ1) is 26.1. The SMILES string of the molecule is COC(=O)CN=C1OC(=O)N2C(=O)C3=C4[C@@H](C[C@H]5C(=O)N(c6ccccc6)C(=O)[C@H]5[C@H]4[C@@]12Cc1ccccc1)[C@H]1C(=O)N(c2ccccc2)C(=O)[C@H]1[C@H]3C. The van der Waals surface area contributed by atoms with Gasteiger partial charge in [0.05, 0.1) is 42.2 Å². The average Bonchev–Trinajstić information content (AvgIpc) is 3.72. The van der Waals surface area contributed by atoms with Crippen LogP contribution in [0.4, 0.5) is 16.2 Å². The van der Waals surface area contributed by atoms with Crippen LogP contribution in [0.3, 0.4) is 0 Å². The van der Waals surface area contributed by atoms with Crippen molar-refractivity contribution in [2.24, 2.45) is 46.4 Å². The number of carbonyl (C=O) groups is 7. The average molecular weight is 727 g/mol. The molecule has 0 spiro atoms. The predicted octanol–water partition coefficient (Wildman–Crippen LogP) is 3.73. The zero-order chi connectivity index (χ0) is 37.6. The first-order valence-corrected chi connectivity index (χ1v) is 17.9. The van der Waals surface area contributed by atoms with E-state index in [0.717, 1.165) is 14.7 Å². The monoisotopic (exact) mass is 726 g/mol. The quantitative estimate of drug-likeness (QED) is 0.273. The lowest BCUT2D eigenvalue weighted by Crippen LogP contribution is -2.68. The second-order valence-electron chi connectivity index (χ2n) is 14.6. The molecule has 9 rings (SSSR count). The van der Waals surface area contributed by atoms with Crippen LogP contribution in [-0.4, -0.2) is 71.6 Å². The molecule has 3 aromatic rings. The number of benzene rings is 3. The van der Waals surface area contributed by atoms with Crippen LogP contribution in [0.5, 0.6) is 0 Å². The number of methoxy groups -OCH3 is 1. The van der Waals surface area contributed by atoms with E-state index in [1.165, 1.54) is 7.11 Å². The summed E-state index contributed by atoms with van der Waals surface area (Å²) in [6.07, 6.45) is -1.13. The van der Waals surface area contributed by atoms with Gasteiger partial charge in [-0.2, -0.15) is 0 Å². The molecule has 0 bridgehead atoms. The Morgan fingerprint density at radius 3 is 1.93 bits per heavy atom. The Kier molecular flexibility index (Phi) is 7.56. The number of imide groups is 3. The minimum absolute atomic E-state index is 0.0155. The molecule has 13 nitrogen and oxygen atoms in total. The maximum atomic E-state index is 15.1. The van der Waals surface area contributed by atoms with Gasteiger partial charge in [-0.15, -0.1) is 0 Å². The molecule has 0 radical (unpaired) electrons. The smallest absolute Gasteiger partial charge is 0.424 e. The van der Waals surface area contributed by atoms with Crippen molar-refractivity contribution in [3.8, 4) is 0 Å².